The number of aromatic nitrogens is 3. The van der Waals surface area contributed by atoms with Gasteiger partial charge in [-0.2, -0.15) is 0 Å². The van der Waals surface area contributed by atoms with Crippen LogP contribution >= 0.6 is 11.6 Å². The molecule has 5 nitrogen and oxygen atoms in total. The van der Waals surface area contributed by atoms with Crippen molar-refractivity contribution in [1.82, 2.24) is 15.0 Å². The quantitative estimate of drug-likeness (QED) is 0.714. The zero-order valence-corrected chi connectivity index (χ0v) is 13.4. The molecule has 0 aliphatic heterocycles. The third kappa shape index (κ3) is 3.10. The Balaban J connectivity index is 2.16. The molecule has 6 heteroatoms. The Bertz CT molecular complexity index is 869. The lowest BCUT2D eigenvalue weighted by molar-refractivity contribution is 1.09. The lowest BCUT2D eigenvalue weighted by atomic mass is 10.0. The van der Waals surface area contributed by atoms with E-state index < -0.39 is 0 Å². The van der Waals surface area contributed by atoms with Gasteiger partial charge in [0, 0.05) is 16.7 Å². The number of nitrogens with two attached hydrogens (primary N) is 1. The van der Waals surface area contributed by atoms with Crippen molar-refractivity contribution in [2.24, 2.45) is 4.99 Å². The van der Waals surface area contributed by atoms with Gasteiger partial charge in [-0.1, -0.05) is 17.7 Å². The number of aliphatic imine (C=N–C) groups is 1. The lowest BCUT2D eigenvalue weighted by Crippen LogP contribution is -1.92. The number of aromatic amines is 1. The molecule has 0 atom stereocenters. The highest BCUT2D eigenvalue weighted by molar-refractivity contribution is 6.30. The number of hydrogen-bond donors (Lipinski definition) is 2. The Hall–Kier alpha value is -2.66. The molecule has 0 radical (unpaired) electrons. The number of halogens is 1. The number of benzene rings is 1. The number of nitrogens with one attached hydrogen (secondary N) is 1. The fourth-order valence-corrected chi connectivity index (χ4v) is 2.68. The number of nitrogen functional groups attached to an aromatic ring is 1. The van der Waals surface area contributed by atoms with Gasteiger partial charge in [0.25, 0.3) is 0 Å². The van der Waals surface area contributed by atoms with Crippen molar-refractivity contribution in [1.29, 1.82) is 0 Å². The highest BCUT2D eigenvalue weighted by Gasteiger charge is 2.14. The lowest BCUT2D eigenvalue weighted by Gasteiger charge is -2.07. The van der Waals surface area contributed by atoms with Crippen LogP contribution in [-0.4, -0.2) is 21.7 Å². The van der Waals surface area contributed by atoms with E-state index in [4.69, 9.17) is 17.3 Å². The van der Waals surface area contributed by atoms with Crippen LogP contribution in [-0.2, 0) is 6.54 Å². The summed E-state index contributed by atoms with van der Waals surface area (Å²) in [5, 5.41) is 0.686. The van der Waals surface area contributed by atoms with E-state index in [1.807, 2.05) is 31.2 Å². The van der Waals surface area contributed by atoms with Crippen LogP contribution in [0.5, 0.6) is 0 Å². The Kier molecular flexibility index (Phi) is 4.12. The van der Waals surface area contributed by atoms with Gasteiger partial charge < -0.3 is 10.7 Å². The summed E-state index contributed by atoms with van der Waals surface area (Å²) in [6.07, 6.45) is 1.45. The molecule has 0 saturated carbocycles. The second-order valence-electron chi connectivity index (χ2n) is 5.25. The van der Waals surface area contributed by atoms with Crippen molar-refractivity contribution in [2.75, 3.05) is 5.73 Å². The van der Waals surface area contributed by atoms with Crippen LogP contribution < -0.4 is 5.73 Å². The third-order valence-electron chi connectivity index (χ3n) is 3.61. The molecule has 0 aliphatic rings. The minimum Gasteiger partial charge on any atom is -0.384 e. The summed E-state index contributed by atoms with van der Waals surface area (Å²) in [4.78, 5) is 15.6. The minimum atomic E-state index is 0.425. The topological polar surface area (TPSA) is 79.9 Å². The maximum atomic E-state index is 6.15. The molecule has 3 rings (SSSR count). The number of aryl methyl sites for hydroxylation is 1. The Morgan fingerprint density at radius 1 is 1.26 bits per heavy atom. The highest BCUT2D eigenvalue weighted by Crippen LogP contribution is 2.32. The van der Waals surface area contributed by atoms with Crippen LogP contribution in [0.25, 0.3) is 22.6 Å². The minimum absolute atomic E-state index is 0.425. The molecule has 3 N–H and O–H groups in total. The smallest absolute Gasteiger partial charge is 0.127 e. The summed E-state index contributed by atoms with van der Waals surface area (Å²) in [6.45, 7) is 6.13. The monoisotopic (exact) mass is 325 g/mol. The molecular weight excluding hydrogens is 310 g/mol. The number of H-pyrrole nitrogens is 1. The van der Waals surface area contributed by atoms with E-state index in [1.54, 1.807) is 6.07 Å². The molecule has 0 saturated heterocycles. The standard InChI is InChI=1S/C17H16ClN5/c1-10-3-4-12(18)6-13(10)17-11(8-20-2)5-15(23-17)14-7-16(19)22-9-21-14/h3-7,9,23H,2,8H2,1H3,(H2,19,21,22). The highest BCUT2D eigenvalue weighted by atomic mass is 35.5. The van der Waals surface area contributed by atoms with Crippen LogP contribution in [0.4, 0.5) is 5.82 Å². The first-order valence-electron chi connectivity index (χ1n) is 7.07. The van der Waals surface area contributed by atoms with Gasteiger partial charge in [0.2, 0.25) is 0 Å². The number of nitrogens with zero attached hydrogens (tertiary/aromatic N) is 3. The van der Waals surface area contributed by atoms with Gasteiger partial charge in [-0.05, 0) is 43.0 Å². The molecule has 0 unspecified atom stereocenters. The van der Waals surface area contributed by atoms with Crippen molar-refractivity contribution >= 4 is 24.1 Å². The van der Waals surface area contributed by atoms with Crippen molar-refractivity contribution in [3.8, 4) is 22.6 Å². The normalized spacial score (nSPS) is 10.7. The Labute approximate surface area is 139 Å². The first kappa shape index (κ1) is 15.2. The van der Waals surface area contributed by atoms with E-state index in [1.165, 1.54) is 6.33 Å². The van der Waals surface area contributed by atoms with Crippen LogP contribution in [0, 0.1) is 6.92 Å². The predicted octanol–water partition coefficient (Wildman–Crippen LogP) is 3.88. The van der Waals surface area contributed by atoms with Crippen molar-refractivity contribution in [2.45, 2.75) is 13.5 Å². The molecule has 0 spiro atoms. The summed E-state index contributed by atoms with van der Waals surface area (Å²) in [6, 6.07) is 9.54. The molecule has 0 aliphatic carbocycles. The van der Waals surface area contributed by atoms with E-state index in [-0.39, 0.29) is 0 Å². The first-order valence-corrected chi connectivity index (χ1v) is 7.45. The van der Waals surface area contributed by atoms with Gasteiger partial charge in [0.05, 0.1) is 23.6 Å². The third-order valence-corrected chi connectivity index (χ3v) is 3.85. The van der Waals surface area contributed by atoms with E-state index in [0.717, 1.165) is 33.8 Å². The fraction of sp³-hybridized carbons (Fsp3) is 0.118. The van der Waals surface area contributed by atoms with Gasteiger partial charge in [0.15, 0.2) is 0 Å². The van der Waals surface area contributed by atoms with E-state index in [9.17, 15) is 0 Å². The van der Waals surface area contributed by atoms with Gasteiger partial charge in [0.1, 0.15) is 12.1 Å². The number of rotatable bonds is 4. The van der Waals surface area contributed by atoms with E-state index in [0.29, 0.717) is 17.4 Å². The largest absolute Gasteiger partial charge is 0.384 e. The predicted molar refractivity (Wildman–Crippen MR) is 94.7 cm³/mol. The second-order valence-corrected chi connectivity index (χ2v) is 5.69. The van der Waals surface area contributed by atoms with Crippen molar-refractivity contribution in [3.63, 3.8) is 0 Å². The molecule has 0 amide bonds. The maximum absolute atomic E-state index is 6.15. The van der Waals surface area contributed by atoms with Gasteiger partial charge in [-0.3, -0.25) is 4.99 Å². The SMILES string of the molecule is C=NCc1cc(-c2cc(N)ncn2)[nH]c1-c1cc(Cl)ccc1C. The molecule has 23 heavy (non-hydrogen) atoms. The summed E-state index contributed by atoms with van der Waals surface area (Å²) < 4.78 is 0. The first-order chi connectivity index (χ1) is 11.1. The molecule has 3 aromatic rings. The molecule has 0 bridgehead atoms. The summed E-state index contributed by atoms with van der Waals surface area (Å²) >= 11 is 6.15. The Morgan fingerprint density at radius 3 is 2.83 bits per heavy atom. The van der Waals surface area contributed by atoms with Crippen LogP contribution in [0.2, 0.25) is 5.02 Å². The van der Waals surface area contributed by atoms with Crippen LogP contribution in [0.3, 0.4) is 0 Å². The fourth-order valence-electron chi connectivity index (χ4n) is 2.50. The molecule has 2 aromatic heterocycles. The summed E-state index contributed by atoms with van der Waals surface area (Å²) in [5.41, 5.74) is 11.5. The molecule has 116 valence electrons. The average Bonchev–Trinajstić information content (AvgIpc) is 2.94. The zero-order valence-electron chi connectivity index (χ0n) is 12.7. The van der Waals surface area contributed by atoms with Gasteiger partial charge >= 0.3 is 0 Å². The van der Waals surface area contributed by atoms with Crippen LogP contribution in [0.15, 0.2) is 41.7 Å². The molecule has 1 aromatic carbocycles. The number of anilines is 1. The maximum Gasteiger partial charge on any atom is 0.127 e. The zero-order chi connectivity index (χ0) is 16.4. The molecule has 0 fully saturated rings. The average molecular weight is 326 g/mol. The molecule has 2 heterocycles. The van der Waals surface area contributed by atoms with Gasteiger partial charge in [-0.25, -0.2) is 9.97 Å². The van der Waals surface area contributed by atoms with Crippen molar-refractivity contribution in [3.05, 3.63) is 52.8 Å². The van der Waals surface area contributed by atoms with E-state index in [2.05, 4.69) is 26.7 Å². The van der Waals surface area contributed by atoms with Crippen LogP contribution in [0.1, 0.15) is 11.1 Å². The summed E-state index contributed by atoms with van der Waals surface area (Å²) in [7, 11) is 0. The van der Waals surface area contributed by atoms with E-state index >= 15 is 0 Å². The second kappa shape index (κ2) is 6.22. The van der Waals surface area contributed by atoms with Gasteiger partial charge in [-0.15, -0.1) is 0 Å². The summed E-state index contributed by atoms with van der Waals surface area (Å²) in [5.74, 6) is 0.425. The van der Waals surface area contributed by atoms with Crippen molar-refractivity contribution < 1.29 is 0 Å². The number of hydrogen-bond acceptors (Lipinski definition) is 4. The molecular formula is C17H16ClN5. The Morgan fingerprint density at radius 2 is 2.09 bits per heavy atom.